The fourth-order valence-corrected chi connectivity index (χ4v) is 1.68. The first-order valence-electron chi connectivity index (χ1n) is 6.51. The van der Waals surface area contributed by atoms with Gasteiger partial charge in [0.1, 0.15) is 11.4 Å². The molecule has 0 aliphatic rings. The molecule has 0 radical (unpaired) electrons. The van der Waals surface area contributed by atoms with Gasteiger partial charge in [0.15, 0.2) is 6.04 Å². The van der Waals surface area contributed by atoms with E-state index in [9.17, 15) is 14.7 Å². The van der Waals surface area contributed by atoms with Gasteiger partial charge in [0.2, 0.25) is 0 Å². The van der Waals surface area contributed by atoms with Crippen LogP contribution in [-0.4, -0.2) is 29.9 Å². The number of aromatic hydroxyl groups is 1. The maximum atomic E-state index is 11.9. The van der Waals surface area contributed by atoms with Crippen molar-refractivity contribution >= 4 is 12.1 Å². The molecule has 1 amide bonds. The molecule has 1 aromatic carbocycles. The zero-order valence-electron chi connectivity index (χ0n) is 12.9. The second-order valence-electron chi connectivity index (χ2n) is 5.65. The number of carbonyl (C=O) groups excluding carboxylic acids is 2. The standard InChI is InChI=1S/C15H21NO5/c1-9-8-10(6-7-11(9)17)12(13(18)20-5)16-14(19)21-15(2,3)4/h6-8,12,17H,1-5H3,(H,16,19)/t12-/m1/s1. The fraction of sp³-hybridized carbons (Fsp3) is 0.467. The Labute approximate surface area is 124 Å². The third-order valence-corrected chi connectivity index (χ3v) is 2.65. The molecule has 6 nitrogen and oxygen atoms in total. The van der Waals surface area contributed by atoms with Crippen molar-refractivity contribution in [1.29, 1.82) is 0 Å². The molecular formula is C15H21NO5. The van der Waals surface area contributed by atoms with Gasteiger partial charge < -0.3 is 19.9 Å². The number of alkyl carbamates (subject to hydrolysis) is 1. The Balaban J connectivity index is 2.98. The summed E-state index contributed by atoms with van der Waals surface area (Å²) >= 11 is 0. The maximum absolute atomic E-state index is 11.9. The SMILES string of the molecule is COC(=O)[C@H](NC(=O)OC(C)(C)C)c1ccc(O)c(C)c1. The van der Waals surface area contributed by atoms with Crippen LogP contribution in [0.1, 0.15) is 37.9 Å². The summed E-state index contributed by atoms with van der Waals surface area (Å²) < 4.78 is 9.83. The third-order valence-electron chi connectivity index (χ3n) is 2.65. The number of hydrogen-bond acceptors (Lipinski definition) is 5. The summed E-state index contributed by atoms with van der Waals surface area (Å²) in [5.74, 6) is -0.509. The average molecular weight is 295 g/mol. The molecule has 0 unspecified atom stereocenters. The molecule has 2 N–H and O–H groups in total. The summed E-state index contributed by atoms with van der Waals surface area (Å²) in [4.78, 5) is 23.7. The smallest absolute Gasteiger partial charge is 0.408 e. The summed E-state index contributed by atoms with van der Waals surface area (Å²) in [5, 5.41) is 12.0. The van der Waals surface area contributed by atoms with Crippen LogP contribution < -0.4 is 5.32 Å². The molecule has 0 saturated carbocycles. The molecule has 0 heterocycles. The highest BCUT2D eigenvalue weighted by molar-refractivity contribution is 5.82. The summed E-state index contributed by atoms with van der Waals surface area (Å²) in [6.45, 7) is 6.87. The van der Waals surface area contributed by atoms with Gasteiger partial charge in [0.25, 0.3) is 0 Å². The van der Waals surface area contributed by atoms with E-state index in [4.69, 9.17) is 9.47 Å². The van der Waals surface area contributed by atoms with Crippen LogP contribution in [0.5, 0.6) is 5.75 Å². The number of amides is 1. The van der Waals surface area contributed by atoms with Gasteiger partial charge in [-0.05, 0) is 51.0 Å². The van der Waals surface area contributed by atoms with E-state index in [2.05, 4.69) is 5.32 Å². The Morgan fingerprint density at radius 3 is 2.38 bits per heavy atom. The zero-order chi connectivity index (χ0) is 16.2. The van der Waals surface area contributed by atoms with E-state index < -0.39 is 23.7 Å². The van der Waals surface area contributed by atoms with Crippen molar-refractivity contribution in [2.24, 2.45) is 0 Å². The van der Waals surface area contributed by atoms with Crippen molar-refractivity contribution in [3.8, 4) is 5.75 Å². The lowest BCUT2D eigenvalue weighted by atomic mass is 10.0. The molecule has 1 rings (SSSR count). The Hall–Kier alpha value is -2.24. The highest BCUT2D eigenvalue weighted by Crippen LogP contribution is 2.23. The topological polar surface area (TPSA) is 84.9 Å². The number of aryl methyl sites for hydroxylation is 1. The first kappa shape index (κ1) is 16.8. The predicted molar refractivity (Wildman–Crippen MR) is 77.0 cm³/mol. The number of carbonyl (C=O) groups is 2. The van der Waals surface area contributed by atoms with Crippen LogP contribution in [0.2, 0.25) is 0 Å². The second-order valence-corrected chi connectivity index (χ2v) is 5.65. The fourth-order valence-electron chi connectivity index (χ4n) is 1.68. The highest BCUT2D eigenvalue weighted by atomic mass is 16.6. The maximum Gasteiger partial charge on any atom is 0.408 e. The van der Waals surface area contributed by atoms with E-state index in [0.29, 0.717) is 11.1 Å². The summed E-state index contributed by atoms with van der Waals surface area (Å²) in [5.41, 5.74) is 0.422. The molecule has 0 spiro atoms. The van der Waals surface area contributed by atoms with Crippen LogP contribution in [-0.2, 0) is 14.3 Å². The van der Waals surface area contributed by atoms with Crippen LogP contribution in [0.15, 0.2) is 18.2 Å². The minimum absolute atomic E-state index is 0.111. The van der Waals surface area contributed by atoms with Gasteiger partial charge in [-0.15, -0.1) is 0 Å². The lowest BCUT2D eigenvalue weighted by molar-refractivity contribution is -0.143. The Morgan fingerprint density at radius 2 is 1.90 bits per heavy atom. The van der Waals surface area contributed by atoms with Crippen LogP contribution in [0, 0.1) is 6.92 Å². The van der Waals surface area contributed by atoms with Gasteiger partial charge >= 0.3 is 12.1 Å². The number of phenolic OH excluding ortho intramolecular Hbond substituents is 1. The highest BCUT2D eigenvalue weighted by Gasteiger charge is 2.26. The summed E-state index contributed by atoms with van der Waals surface area (Å²) in [6.07, 6.45) is -0.719. The summed E-state index contributed by atoms with van der Waals surface area (Å²) in [6, 6.07) is 3.61. The molecule has 1 aromatic rings. The van der Waals surface area contributed by atoms with Crippen molar-refractivity contribution in [2.45, 2.75) is 39.3 Å². The number of rotatable bonds is 3. The van der Waals surface area contributed by atoms with Gasteiger partial charge in [0.05, 0.1) is 7.11 Å². The lowest BCUT2D eigenvalue weighted by Gasteiger charge is -2.23. The minimum atomic E-state index is -0.996. The molecule has 0 aliphatic carbocycles. The first-order valence-corrected chi connectivity index (χ1v) is 6.51. The largest absolute Gasteiger partial charge is 0.508 e. The number of benzene rings is 1. The van der Waals surface area contributed by atoms with E-state index in [1.165, 1.54) is 13.2 Å². The first-order chi connectivity index (χ1) is 9.64. The Bertz CT molecular complexity index is 533. The Morgan fingerprint density at radius 1 is 1.29 bits per heavy atom. The number of ether oxygens (including phenoxy) is 2. The zero-order valence-corrected chi connectivity index (χ0v) is 12.9. The van der Waals surface area contributed by atoms with Crippen LogP contribution in [0.25, 0.3) is 0 Å². The third kappa shape index (κ3) is 4.98. The van der Waals surface area contributed by atoms with Crippen molar-refractivity contribution in [2.75, 3.05) is 7.11 Å². The molecule has 0 saturated heterocycles. The van der Waals surface area contributed by atoms with Gasteiger partial charge in [-0.3, -0.25) is 0 Å². The van der Waals surface area contributed by atoms with Crippen molar-refractivity contribution in [3.05, 3.63) is 29.3 Å². The molecule has 0 fully saturated rings. The van der Waals surface area contributed by atoms with Gasteiger partial charge in [0, 0.05) is 0 Å². The van der Waals surface area contributed by atoms with Crippen molar-refractivity contribution < 1.29 is 24.2 Å². The van der Waals surface area contributed by atoms with E-state index >= 15 is 0 Å². The Kier molecular flexibility index (Phi) is 5.18. The van der Waals surface area contributed by atoms with Gasteiger partial charge in [-0.2, -0.15) is 0 Å². The number of esters is 1. The van der Waals surface area contributed by atoms with Crippen LogP contribution >= 0.6 is 0 Å². The number of phenols is 1. The monoisotopic (exact) mass is 295 g/mol. The number of methoxy groups -OCH3 is 1. The van der Waals surface area contributed by atoms with Crippen LogP contribution in [0.3, 0.4) is 0 Å². The van der Waals surface area contributed by atoms with E-state index in [-0.39, 0.29) is 5.75 Å². The van der Waals surface area contributed by atoms with Crippen LogP contribution in [0.4, 0.5) is 4.79 Å². The summed E-state index contributed by atoms with van der Waals surface area (Å²) in [7, 11) is 1.24. The molecule has 6 heteroatoms. The molecule has 21 heavy (non-hydrogen) atoms. The average Bonchev–Trinajstić information content (AvgIpc) is 2.36. The van der Waals surface area contributed by atoms with E-state index in [1.807, 2.05) is 0 Å². The number of nitrogens with one attached hydrogen (secondary N) is 1. The normalized spacial score (nSPS) is 12.4. The van der Waals surface area contributed by atoms with Crippen molar-refractivity contribution in [1.82, 2.24) is 5.32 Å². The van der Waals surface area contributed by atoms with Crippen molar-refractivity contribution in [3.63, 3.8) is 0 Å². The molecular weight excluding hydrogens is 274 g/mol. The van der Waals surface area contributed by atoms with E-state index in [1.54, 1.807) is 39.8 Å². The molecule has 0 aliphatic heterocycles. The van der Waals surface area contributed by atoms with Gasteiger partial charge in [-0.1, -0.05) is 6.07 Å². The lowest BCUT2D eigenvalue weighted by Crippen LogP contribution is -2.38. The number of hydrogen-bond donors (Lipinski definition) is 2. The molecule has 116 valence electrons. The second kappa shape index (κ2) is 6.47. The molecule has 0 aromatic heterocycles. The predicted octanol–water partition coefficient (Wildman–Crippen LogP) is 2.44. The van der Waals surface area contributed by atoms with Gasteiger partial charge in [-0.25, -0.2) is 9.59 Å². The van der Waals surface area contributed by atoms with E-state index in [0.717, 1.165) is 0 Å². The molecule has 0 bridgehead atoms. The molecule has 1 atom stereocenters. The minimum Gasteiger partial charge on any atom is -0.508 e. The quantitative estimate of drug-likeness (QED) is 0.837.